The molecule has 1 spiro atoms. The first-order valence-electron chi connectivity index (χ1n) is 9.32. The first-order valence-corrected chi connectivity index (χ1v) is 9.32. The molecule has 0 saturated carbocycles. The molecule has 0 bridgehead atoms. The Morgan fingerprint density at radius 1 is 1.11 bits per heavy atom. The van der Waals surface area contributed by atoms with Crippen LogP contribution >= 0.6 is 12.4 Å². The Labute approximate surface area is 165 Å². The molecule has 1 unspecified atom stereocenters. The average Bonchev–Trinajstić information content (AvgIpc) is 3.03. The molecule has 2 amide bonds. The Balaban J connectivity index is 0.00000105. The van der Waals surface area contributed by atoms with Crippen molar-refractivity contribution in [2.24, 2.45) is 0 Å². The monoisotopic (exact) mass is 393 g/mol. The predicted molar refractivity (Wildman–Crippen MR) is 107 cm³/mol. The minimum absolute atomic E-state index is 0. The van der Waals surface area contributed by atoms with Crippen LogP contribution in [0.25, 0.3) is 11.0 Å². The summed E-state index contributed by atoms with van der Waals surface area (Å²) in [5, 5.41) is 1.27. The van der Waals surface area contributed by atoms with Gasteiger partial charge in [-0.05, 0) is 31.7 Å². The first-order chi connectivity index (χ1) is 12.1. The fourth-order valence-corrected chi connectivity index (χ4v) is 5.15. The number of amides is 2. The maximum absolute atomic E-state index is 12.6. The van der Waals surface area contributed by atoms with E-state index in [4.69, 9.17) is 4.42 Å². The Morgan fingerprint density at radius 2 is 1.85 bits per heavy atom. The van der Waals surface area contributed by atoms with E-state index in [9.17, 15) is 4.79 Å². The van der Waals surface area contributed by atoms with Crippen LogP contribution in [0.2, 0.25) is 0 Å². The van der Waals surface area contributed by atoms with Crippen molar-refractivity contribution in [2.75, 3.05) is 33.7 Å². The number of halogens is 1. The lowest BCUT2D eigenvalue weighted by molar-refractivity contribution is -0.0185. The Bertz CT molecular complexity index is 854. The topological polar surface area (TPSA) is 71.4 Å². The molecule has 6 nitrogen and oxygen atoms in total. The summed E-state index contributed by atoms with van der Waals surface area (Å²) in [7, 11) is 3.88. The number of nitrogens with zero attached hydrogens (tertiary/aromatic N) is 3. The quantitative estimate of drug-likeness (QED) is 0.690. The smallest absolute Gasteiger partial charge is 0.319 e. The van der Waals surface area contributed by atoms with Gasteiger partial charge in [0.15, 0.2) is 0 Å². The van der Waals surface area contributed by atoms with Gasteiger partial charge in [0.2, 0.25) is 0 Å². The van der Waals surface area contributed by atoms with E-state index < -0.39 is 0 Å². The van der Waals surface area contributed by atoms with E-state index in [0.29, 0.717) is 6.04 Å². The van der Waals surface area contributed by atoms with Crippen molar-refractivity contribution in [3.05, 3.63) is 35.6 Å². The normalized spacial score (nSPS) is 27.8. The van der Waals surface area contributed by atoms with Crippen molar-refractivity contribution in [1.29, 1.82) is 0 Å². The largest absolute Gasteiger partial charge is 0.459 e. The van der Waals surface area contributed by atoms with Gasteiger partial charge in [0, 0.05) is 50.2 Å². The molecule has 27 heavy (non-hydrogen) atoms. The van der Waals surface area contributed by atoms with Crippen LogP contribution in [-0.4, -0.2) is 65.5 Å². The SMILES string of the molecule is CN1CC[C@]2(CCN3CCc4c(oc5ccccc45)C3C2)N(C)C1=O.Cl.O. The molecule has 3 aliphatic rings. The molecule has 0 radical (unpaired) electrons. The second-order valence-corrected chi connectivity index (χ2v) is 7.93. The highest BCUT2D eigenvalue weighted by molar-refractivity contribution is 5.85. The van der Waals surface area contributed by atoms with E-state index in [-0.39, 0.29) is 29.5 Å². The highest BCUT2D eigenvalue weighted by Crippen LogP contribution is 2.47. The number of carbonyl (C=O) groups is 1. The van der Waals surface area contributed by atoms with Crippen molar-refractivity contribution in [3.8, 4) is 0 Å². The number of rotatable bonds is 0. The third-order valence-electron chi connectivity index (χ3n) is 6.80. The van der Waals surface area contributed by atoms with Crippen LogP contribution in [0, 0.1) is 0 Å². The summed E-state index contributed by atoms with van der Waals surface area (Å²) in [5.41, 5.74) is 2.36. The van der Waals surface area contributed by atoms with Crippen LogP contribution in [0.5, 0.6) is 0 Å². The Kier molecular flexibility index (Phi) is 5.18. The standard InChI is InChI=1S/C20H25N3O2.ClH.H2O/c1-21-11-8-20(22(2)19(21)24)9-12-23-10-7-15-14-5-3-4-6-17(14)25-18(15)16(23)13-20;;/h3-6,16H,7-13H2,1-2H3;1H;1H2/t16?,20-;;/m1../s1. The molecule has 7 heteroatoms. The zero-order chi connectivity index (χ0) is 17.2. The molecule has 3 aliphatic heterocycles. The fraction of sp³-hybridized carbons (Fsp3) is 0.550. The molecule has 2 atom stereocenters. The molecule has 2 aromatic rings. The van der Waals surface area contributed by atoms with Crippen LogP contribution in [0.15, 0.2) is 28.7 Å². The van der Waals surface area contributed by atoms with Crippen LogP contribution < -0.4 is 0 Å². The summed E-state index contributed by atoms with van der Waals surface area (Å²) in [6.07, 6.45) is 4.16. The maximum atomic E-state index is 12.6. The number of piperidine rings is 1. The average molecular weight is 394 g/mol. The number of urea groups is 1. The molecule has 5 rings (SSSR count). The van der Waals surface area contributed by atoms with Crippen molar-refractivity contribution >= 4 is 29.4 Å². The van der Waals surface area contributed by atoms with E-state index in [1.165, 1.54) is 10.9 Å². The molecule has 4 heterocycles. The predicted octanol–water partition coefficient (Wildman–Crippen LogP) is 2.85. The molecule has 1 aromatic carbocycles. The Hall–Kier alpha value is -1.76. The highest BCUT2D eigenvalue weighted by Gasteiger charge is 2.49. The second kappa shape index (κ2) is 7.00. The molecular formula is C20H28ClN3O3. The zero-order valence-electron chi connectivity index (χ0n) is 15.9. The van der Waals surface area contributed by atoms with Gasteiger partial charge in [-0.15, -0.1) is 12.4 Å². The van der Waals surface area contributed by atoms with Gasteiger partial charge in [-0.2, -0.15) is 0 Å². The van der Waals surface area contributed by atoms with E-state index in [2.05, 4.69) is 23.1 Å². The van der Waals surface area contributed by atoms with E-state index in [1.54, 1.807) is 0 Å². The molecule has 2 fully saturated rings. The summed E-state index contributed by atoms with van der Waals surface area (Å²) < 4.78 is 6.32. The van der Waals surface area contributed by atoms with Gasteiger partial charge in [0.1, 0.15) is 11.3 Å². The van der Waals surface area contributed by atoms with E-state index in [0.717, 1.165) is 56.7 Å². The van der Waals surface area contributed by atoms with E-state index in [1.807, 2.05) is 30.0 Å². The van der Waals surface area contributed by atoms with Crippen LogP contribution in [0.3, 0.4) is 0 Å². The lowest BCUT2D eigenvalue weighted by atomic mass is 9.76. The number of benzene rings is 1. The number of fused-ring (bicyclic) bond motifs is 5. The molecule has 2 saturated heterocycles. The minimum atomic E-state index is -0.0294. The van der Waals surface area contributed by atoms with Crippen molar-refractivity contribution in [1.82, 2.24) is 14.7 Å². The highest BCUT2D eigenvalue weighted by atomic mass is 35.5. The van der Waals surface area contributed by atoms with Crippen molar-refractivity contribution in [3.63, 3.8) is 0 Å². The van der Waals surface area contributed by atoms with Gasteiger partial charge in [-0.25, -0.2) is 4.79 Å². The van der Waals surface area contributed by atoms with Gasteiger partial charge in [-0.3, -0.25) is 4.90 Å². The number of carbonyl (C=O) groups excluding carboxylic acids is 1. The third-order valence-corrected chi connectivity index (χ3v) is 6.80. The number of furan rings is 1. The summed E-state index contributed by atoms with van der Waals surface area (Å²) in [4.78, 5) is 19.0. The number of hydrogen-bond donors (Lipinski definition) is 0. The lowest BCUT2D eigenvalue weighted by Crippen LogP contribution is -2.63. The summed E-state index contributed by atoms with van der Waals surface area (Å²) >= 11 is 0. The van der Waals surface area contributed by atoms with Crippen LogP contribution in [0.4, 0.5) is 4.79 Å². The van der Waals surface area contributed by atoms with Gasteiger partial charge in [-0.1, -0.05) is 18.2 Å². The number of para-hydroxylation sites is 1. The minimum Gasteiger partial charge on any atom is -0.459 e. The van der Waals surface area contributed by atoms with Gasteiger partial charge in [0.05, 0.1) is 6.04 Å². The molecule has 0 aliphatic carbocycles. The summed E-state index contributed by atoms with van der Waals surface area (Å²) in [6, 6.07) is 8.83. The molecule has 2 N–H and O–H groups in total. The third kappa shape index (κ3) is 2.82. The zero-order valence-corrected chi connectivity index (χ0v) is 16.7. The summed E-state index contributed by atoms with van der Waals surface area (Å²) in [5.74, 6) is 1.14. The maximum Gasteiger partial charge on any atom is 0.319 e. The molecule has 148 valence electrons. The van der Waals surface area contributed by atoms with Crippen molar-refractivity contribution in [2.45, 2.75) is 37.3 Å². The Morgan fingerprint density at radius 3 is 2.67 bits per heavy atom. The second-order valence-electron chi connectivity index (χ2n) is 7.93. The van der Waals surface area contributed by atoms with Gasteiger partial charge in [0.25, 0.3) is 0 Å². The van der Waals surface area contributed by atoms with Crippen LogP contribution in [0.1, 0.15) is 36.6 Å². The van der Waals surface area contributed by atoms with Crippen LogP contribution in [-0.2, 0) is 6.42 Å². The fourth-order valence-electron chi connectivity index (χ4n) is 5.15. The van der Waals surface area contributed by atoms with E-state index >= 15 is 0 Å². The lowest BCUT2D eigenvalue weighted by Gasteiger charge is -2.54. The first kappa shape index (κ1) is 20.0. The van der Waals surface area contributed by atoms with Gasteiger partial charge >= 0.3 is 6.03 Å². The van der Waals surface area contributed by atoms with Crippen molar-refractivity contribution < 1.29 is 14.7 Å². The molecular weight excluding hydrogens is 366 g/mol. The summed E-state index contributed by atoms with van der Waals surface area (Å²) in [6.45, 7) is 2.99. The van der Waals surface area contributed by atoms with Gasteiger partial charge < -0.3 is 19.7 Å². The number of hydrogen-bond acceptors (Lipinski definition) is 3. The molecule has 1 aromatic heterocycles.